The van der Waals surface area contributed by atoms with Gasteiger partial charge in [-0.05, 0) is 49.9 Å². The fourth-order valence-electron chi connectivity index (χ4n) is 4.54. The molecule has 1 aromatic heterocycles. The first-order chi connectivity index (χ1) is 13.3. The molecule has 3 aliphatic heterocycles. The van der Waals surface area contributed by atoms with Crippen molar-refractivity contribution in [2.75, 3.05) is 19.9 Å². The number of rotatable bonds is 3. The van der Waals surface area contributed by atoms with Crippen LogP contribution in [0.5, 0.6) is 11.5 Å². The van der Waals surface area contributed by atoms with Gasteiger partial charge in [-0.25, -0.2) is 0 Å². The fraction of sp³-hybridized carbons (Fsp3) is 0.600. The van der Waals surface area contributed by atoms with Gasteiger partial charge in [-0.15, -0.1) is 10.2 Å². The van der Waals surface area contributed by atoms with Crippen molar-refractivity contribution >= 4 is 15.9 Å². The van der Waals surface area contributed by atoms with Gasteiger partial charge in [0, 0.05) is 36.4 Å². The molecule has 2 aromatic rings. The lowest BCUT2D eigenvalue weighted by atomic mass is 9.96. The molecule has 1 aromatic carbocycles. The molecule has 3 aliphatic rings. The van der Waals surface area contributed by atoms with Gasteiger partial charge < -0.3 is 14.0 Å². The third-order valence-electron chi connectivity index (χ3n) is 5.94. The van der Waals surface area contributed by atoms with Crippen molar-refractivity contribution in [3.05, 3.63) is 33.8 Å². The van der Waals surface area contributed by atoms with Crippen molar-refractivity contribution in [3.63, 3.8) is 0 Å². The van der Waals surface area contributed by atoms with Crippen LogP contribution in [-0.4, -0.2) is 39.5 Å². The van der Waals surface area contributed by atoms with Crippen LogP contribution in [0.15, 0.2) is 16.6 Å². The van der Waals surface area contributed by atoms with Crippen molar-refractivity contribution in [1.82, 2.24) is 19.7 Å². The smallest absolute Gasteiger partial charge is 0.231 e. The zero-order chi connectivity index (χ0) is 18.2. The molecule has 0 aliphatic carbocycles. The zero-order valence-corrected chi connectivity index (χ0v) is 17.1. The molecule has 0 amide bonds. The maximum Gasteiger partial charge on any atom is 0.231 e. The summed E-state index contributed by atoms with van der Waals surface area (Å²) in [6.07, 6.45) is 7.28. The number of nitrogens with zero attached hydrogens (tertiary/aromatic N) is 4. The van der Waals surface area contributed by atoms with Crippen LogP contribution in [0.25, 0.3) is 0 Å². The molecular formula is C20H25BrN4O2. The zero-order valence-electron chi connectivity index (χ0n) is 15.5. The normalized spacial score (nSPS) is 22.5. The van der Waals surface area contributed by atoms with Gasteiger partial charge in [-0.3, -0.25) is 4.90 Å². The van der Waals surface area contributed by atoms with E-state index in [1.165, 1.54) is 49.3 Å². The number of piperidine rings is 1. The fourth-order valence-corrected chi connectivity index (χ4v) is 4.99. The molecule has 7 heteroatoms. The van der Waals surface area contributed by atoms with Crippen LogP contribution >= 0.6 is 15.9 Å². The van der Waals surface area contributed by atoms with E-state index in [0.29, 0.717) is 12.7 Å². The highest BCUT2D eigenvalue weighted by molar-refractivity contribution is 9.10. The Morgan fingerprint density at radius 3 is 2.85 bits per heavy atom. The molecule has 0 radical (unpaired) electrons. The van der Waals surface area contributed by atoms with Crippen molar-refractivity contribution in [2.24, 2.45) is 0 Å². The second kappa shape index (κ2) is 7.43. The van der Waals surface area contributed by atoms with E-state index in [1.54, 1.807) is 0 Å². The summed E-state index contributed by atoms with van der Waals surface area (Å²) in [5, 5.41) is 9.12. The molecule has 27 heavy (non-hydrogen) atoms. The van der Waals surface area contributed by atoms with E-state index in [0.717, 1.165) is 48.6 Å². The summed E-state index contributed by atoms with van der Waals surface area (Å²) in [5.41, 5.74) is 1.25. The number of aromatic nitrogens is 3. The minimum atomic E-state index is 0.314. The van der Waals surface area contributed by atoms with Gasteiger partial charge >= 0.3 is 0 Å². The summed E-state index contributed by atoms with van der Waals surface area (Å²) in [6, 6.07) is 4.14. The van der Waals surface area contributed by atoms with Crippen LogP contribution in [0.2, 0.25) is 0 Å². The van der Waals surface area contributed by atoms with E-state index >= 15 is 0 Å². The van der Waals surface area contributed by atoms with Gasteiger partial charge in [0.1, 0.15) is 11.6 Å². The third kappa shape index (κ3) is 3.47. The first-order valence-electron chi connectivity index (χ1n) is 10.0. The summed E-state index contributed by atoms with van der Waals surface area (Å²) in [5.74, 6) is 4.56. The Morgan fingerprint density at radius 1 is 1.04 bits per heavy atom. The summed E-state index contributed by atoms with van der Waals surface area (Å²) >= 11 is 3.70. The maximum absolute atomic E-state index is 5.55. The lowest BCUT2D eigenvalue weighted by Gasteiger charge is -2.32. The topological polar surface area (TPSA) is 52.4 Å². The number of fused-ring (bicyclic) bond motifs is 2. The van der Waals surface area contributed by atoms with Crippen molar-refractivity contribution in [1.29, 1.82) is 0 Å². The van der Waals surface area contributed by atoms with Gasteiger partial charge in [0.05, 0.1) is 0 Å². The quantitative estimate of drug-likeness (QED) is 0.736. The molecule has 1 saturated heterocycles. The molecule has 0 N–H and O–H groups in total. The first-order valence-corrected chi connectivity index (χ1v) is 10.8. The minimum absolute atomic E-state index is 0.314. The van der Waals surface area contributed by atoms with E-state index in [9.17, 15) is 0 Å². The summed E-state index contributed by atoms with van der Waals surface area (Å²) < 4.78 is 14.5. The molecule has 4 heterocycles. The molecule has 0 saturated carbocycles. The first kappa shape index (κ1) is 17.5. The monoisotopic (exact) mass is 432 g/mol. The van der Waals surface area contributed by atoms with Crippen LogP contribution in [0, 0.1) is 0 Å². The Labute approximate surface area is 168 Å². The van der Waals surface area contributed by atoms with Crippen molar-refractivity contribution in [3.8, 4) is 11.5 Å². The van der Waals surface area contributed by atoms with Crippen LogP contribution in [0.4, 0.5) is 0 Å². The Bertz CT molecular complexity index is 838. The van der Waals surface area contributed by atoms with E-state index in [1.807, 2.05) is 6.07 Å². The summed E-state index contributed by atoms with van der Waals surface area (Å²) in [4.78, 5) is 2.54. The molecule has 1 unspecified atom stereocenters. The van der Waals surface area contributed by atoms with Gasteiger partial charge in [-0.1, -0.05) is 22.4 Å². The molecule has 144 valence electrons. The highest BCUT2D eigenvalue weighted by Gasteiger charge is 2.28. The number of halogens is 1. The predicted molar refractivity (Wildman–Crippen MR) is 105 cm³/mol. The highest BCUT2D eigenvalue weighted by atomic mass is 79.9. The highest BCUT2D eigenvalue weighted by Crippen LogP contribution is 2.38. The SMILES string of the molecule is Brc1cc2c(cc1CN1CCCC(c3nnc4n3CCCCC4)C1)OCO2. The number of hydrogen-bond donors (Lipinski definition) is 0. The lowest BCUT2D eigenvalue weighted by molar-refractivity contribution is 0.173. The standard InChI is InChI=1S/C20H25BrN4O2/c21-16-10-18-17(26-13-27-18)9-15(16)12-24-7-4-5-14(11-24)20-23-22-19-6-2-1-3-8-25(19)20/h9-10,14H,1-8,11-13H2. The maximum atomic E-state index is 5.55. The van der Waals surface area contributed by atoms with E-state index < -0.39 is 0 Å². The average Bonchev–Trinajstić information content (AvgIpc) is 3.22. The van der Waals surface area contributed by atoms with Crippen LogP contribution < -0.4 is 9.47 Å². The van der Waals surface area contributed by atoms with Gasteiger partial charge in [0.2, 0.25) is 6.79 Å². The molecule has 6 nitrogen and oxygen atoms in total. The second-order valence-corrected chi connectivity index (χ2v) is 8.66. The Balaban J connectivity index is 1.33. The van der Waals surface area contributed by atoms with Crippen molar-refractivity contribution in [2.45, 2.75) is 57.5 Å². The van der Waals surface area contributed by atoms with Crippen LogP contribution in [-0.2, 0) is 19.5 Å². The molecule has 0 spiro atoms. The Morgan fingerprint density at radius 2 is 1.93 bits per heavy atom. The number of aryl methyl sites for hydroxylation is 1. The molecule has 1 atom stereocenters. The predicted octanol–water partition coefficient (Wildman–Crippen LogP) is 3.88. The van der Waals surface area contributed by atoms with Crippen LogP contribution in [0.1, 0.15) is 55.2 Å². The number of benzene rings is 1. The van der Waals surface area contributed by atoms with Gasteiger partial charge in [0.25, 0.3) is 0 Å². The van der Waals surface area contributed by atoms with Gasteiger partial charge in [0.15, 0.2) is 11.5 Å². The summed E-state index contributed by atoms with van der Waals surface area (Å²) in [6.45, 7) is 4.48. The number of hydrogen-bond acceptors (Lipinski definition) is 5. The van der Waals surface area contributed by atoms with Crippen molar-refractivity contribution < 1.29 is 9.47 Å². The Hall–Kier alpha value is -1.60. The Kier molecular flexibility index (Phi) is 4.82. The van der Waals surface area contributed by atoms with E-state index in [-0.39, 0.29) is 0 Å². The third-order valence-corrected chi connectivity index (χ3v) is 6.68. The van der Waals surface area contributed by atoms with Crippen LogP contribution in [0.3, 0.4) is 0 Å². The molecular weight excluding hydrogens is 408 g/mol. The van der Waals surface area contributed by atoms with E-state index in [2.05, 4.69) is 41.7 Å². The van der Waals surface area contributed by atoms with E-state index in [4.69, 9.17) is 9.47 Å². The largest absolute Gasteiger partial charge is 0.454 e. The van der Waals surface area contributed by atoms with Gasteiger partial charge in [-0.2, -0.15) is 0 Å². The lowest BCUT2D eigenvalue weighted by Crippen LogP contribution is -2.35. The summed E-state index contributed by atoms with van der Waals surface area (Å²) in [7, 11) is 0. The second-order valence-electron chi connectivity index (χ2n) is 7.81. The number of likely N-dealkylation sites (tertiary alicyclic amines) is 1. The molecule has 1 fully saturated rings. The number of ether oxygens (including phenoxy) is 2. The molecule has 5 rings (SSSR count). The minimum Gasteiger partial charge on any atom is -0.454 e. The molecule has 0 bridgehead atoms. The average molecular weight is 433 g/mol.